The van der Waals surface area contributed by atoms with Gasteiger partial charge in [-0.1, -0.05) is 60.3 Å². The molecule has 0 radical (unpaired) electrons. The number of unbranched alkanes of at least 4 members (excludes halogenated alkanes) is 1. The monoisotopic (exact) mass is 317 g/mol. The first-order valence-electron chi connectivity index (χ1n) is 6.10. The average Bonchev–Trinajstić information content (AvgIpc) is 2.37. The normalized spacial score (nSPS) is 11.8. The summed E-state index contributed by atoms with van der Waals surface area (Å²) < 4.78 is -1.62. The van der Waals surface area contributed by atoms with E-state index < -0.39 is 3.79 Å². The topological polar surface area (TPSA) is 37.8 Å². The van der Waals surface area contributed by atoms with Gasteiger partial charge in [0, 0.05) is 11.9 Å². The molecule has 19 heavy (non-hydrogen) atoms. The van der Waals surface area contributed by atoms with Crippen molar-refractivity contribution in [2.45, 2.75) is 23.6 Å². The van der Waals surface area contributed by atoms with Crippen LogP contribution in [0.5, 0.6) is 0 Å². The summed E-state index contributed by atoms with van der Waals surface area (Å²) in [6.45, 7) is 2.96. The van der Waals surface area contributed by atoms with E-state index in [9.17, 15) is 0 Å². The summed E-state index contributed by atoms with van der Waals surface area (Å²) >= 11 is 17.6. The minimum atomic E-state index is -1.62. The van der Waals surface area contributed by atoms with Crippen molar-refractivity contribution < 1.29 is 0 Å². The third kappa shape index (κ3) is 3.62. The number of anilines is 1. The van der Waals surface area contributed by atoms with E-state index in [1.165, 1.54) is 0 Å². The quantitative estimate of drug-likeness (QED) is 0.657. The molecule has 1 aromatic heterocycles. The van der Waals surface area contributed by atoms with Crippen molar-refractivity contribution in [2.24, 2.45) is 0 Å². The smallest absolute Gasteiger partial charge is 0.250 e. The molecule has 0 bridgehead atoms. The maximum atomic E-state index is 5.87. The first kappa shape index (κ1) is 14.6. The number of hydrogen-bond donors (Lipinski definition) is 1. The second-order valence-corrected chi connectivity index (χ2v) is 6.47. The number of nitrogens with one attached hydrogen (secondary N) is 1. The van der Waals surface area contributed by atoms with Gasteiger partial charge in [0.05, 0.1) is 5.52 Å². The molecule has 0 fully saturated rings. The molecule has 1 N–H and O–H groups in total. The maximum Gasteiger partial charge on any atom is 0.250 e. The van der Waals surface area contributed by atoms with E-state index in [0.29, 0.717) is 5.82 Å². The van der Waals surface area contributed by atoms with E-state index in [1.54, 1.807) is 0 Å². The second-order valence-electron chi connectivity index (χ2n) is 4.19. The molecule has 0 aliphatic rings. The molecule has 102 valence electrons. The van der Waals surface area contributed by atoms with Gasteiger partial charge in [-0.2, -0.15) is 0 Å². The van der Waals surface area contributed by atoms with Crippen LogP contribution < -0.4 is 5.32 Å². The molecule has 0 spiro atoms. The van der Waals surface area contributed by atoms with Crippen LogP contribution in [0.15, 0.2) is 24.3 Å². The van der Waals surface area contributed by atoms with Crippen molar-refractivity contribution >= 4 is 51.5 Å². The number of benzene rings is 1. The highest BCUT2D eigenvalue weighted by molar-refractivity contribution is 6.66. The van der Waals surface area contributed by atoms with Gasteiger partial charge in [-0.25, -0.2) is 9.97 Å². The van der Waals surface area contributed by atoms with Crippen molar-refractivity contribution in [3.63, 3.8) is 0 Å². The lowest BCUT2D eigenvalue weighted by atomic mass is 10.2. The fourth-order valence-electron chi connectivity index (χ4n) is 1.72. The number of hydrogen-bond acceptors (Lipinski definition) is 3. The number of halogens is 3. The highest BCUT2D eigenvalue weighted by Gasteiger charge is 2.27. The highest BCUT2D eigenvalue weighted by Crippen LogP contribution is 2.37. The minimum absolute atomic E-state index is 0.190. The number of fused-ring (bicyclic) bond motifs is 1. The van der Waals surface area contributed by atoms with Crippen LogP contribution in [0.2, 0.25) is 0 Å². The lowest BCUT2D eigenvalue weighted by Gasteiger charge is -2.14. The van der Waals surface area contributed by atoms with Crippen LogP contribution in [-0.4, -0.2) is 16.5 Å². The molecule has 2 rings (SSSR count). The van der Waals surface area contributed by atoms with Gasteiger partial charge >= 0.3 is 0 Å². The average molecular weight is 319 g/mol. The van der Waals surface area contributed by atoms with Gasteiger partial charge in [0.15, 0.2) is 5.82 Å². The molecule has 0 amide bonds. The summed E-state index contributed by atoms with van der Waals surface area (Å²) in [7, 11) is 0. The van der Waals surface area contributed by atoms with E-state index in [0.717, 1.165) is 30.3 Å². The van der Waals surface area contributed by atoms with E-state index in [1.807, 2.05) is 24.3 Å². The molecule has 0 saturated carbocycles. The summed E-state index contributed by atoms with van der Waals surface area (Å²) in [6, 6.07) is 7.66. The van der Waals surface area contributed by atoms with Crippen LogP contribution in [0.1, 0.15) is 25.6 Å². The summed E-state index contributed by atoms with van der Waals surface area (Å²) in [5, 5.41) is 4.20. The Hall–Kier alpha value is -0.770. The summed E-state index contributed by atoms with van der Waals surface area (Å²) in [6.07, 6.45) is 2.16. The molecule has 6 heteroatoms. The first-order chi connectivity index (χ1) is 9.02. The van der Waals surface area contributed by atoms with E-state index in [-0.39, 0.29) is 5.82 Å². The highest BCUT2D eigenvalue weighted by atomic mass is 35.6. The molecule has 1 heterocycles. The summed E-state index contributed by atoms with van der Waals surface area (Å²) in [5.41, 5.74) is 0.762. The predicted octanol–water partition coefficient (Wildman–Crippen LogP) is 4.67. The maximum absolute atomic E-state index is 5.87. The van der Waals surface area contributed by atoms with E-state index in [4.69, 9.17) is 34.8 Å². The number of nitrogens with zero attached hydrogens (tertiary/aromatic N) is 2. The largest absolute Gasteiger partial charge is 0.369 e. The summed E-state index contributed by atoms with van der Waals surface area (Å²) in [4.78, 5) is 8.61. The van der Waals surface area contributed by atoms with E-state index >= 15 is 0 Å². The number of rotatable bonds is 4. The molecule has 0 saturated heterocycles. The predicted molar refractivity (Wildman–Crippen MR) is 82.2 cm³/mol. The van der Waals surface area contributed by atoms with Gasteiger partial charge in [-0.3, -0.25) is 0 Å². The Balaban J connectivity index is 2.46. The van der Waals surface area contributed by atoms with Gasteiger partial charge in [0.25, 0.3) is 0 Å². The zero-order valence-corrected chi connectivity index (χ0v) is 12.7. The van der Waals surface area contributed by atoms with Gasteiger partial charge in [-0.05, 0) is 18.6 Å². The zero-order valence-electron chi connectivity index (χ0n) is 10.5. The Bertz CT molecular complexity index is 567. The van der Waals surface area contributed by atoms with Gasteiger partial charge in [-0.15, -0.1) is 0 Å². The van der Waals surface area contributed by atoms with Crippen molar-refractivity contribution in [1.29, 1.82) is 0 Å². The zero-order chi connectivity index (χ0) is 13.9. The van der Waals surface area contributed by atoms with Crippen LogP contribution in [-0.2, 0) is 3.79 Å². The second kappa shape index (κ2) is 6.12. The fraction of sp³-hybridized carbons (Fsp3) is 0.385. The molecular weight excluding hydrogens is 305 g/mol. The van der Waals surface area contributed by atoms with Crippen LogP contribution >= 0.6 is 34.8 Å². The molecule has 0 atom stereocenters. The van der Waals surface area contributed by atoms with Crippen molar-refractivity contribution in [2.75, 3.05) is 11.9 Å². The molecule has 0 unspecified atom stereocenters. The molecule has 2 aromatic rings. The molecule has 3 nitrogen and oxygen atoms in total. The van der Waals surface area contributed by atoms with Crippen molar-refractivity contribution in [3.05, 3.63) is 30.1 Å². The van der Waals surface area contributed by atoms with Gasteiger partial charge < -0.3 is 5.32 Å². The van der Waals surface area contributed by atoms with Gasteiger partial charge in [0.2, 0.25) is 3.79 Å². The SMILES string of the molecule is CCCCNc1nc(C(Cl)(Cl)Cl)nc2ccccc12. The summed E-state index contributed by atoms with van der Waals surface area (Å²) in [5.74, 6) is 0.899. The molecular formula is C13H14Cl3N3. The van der Waals surface area contributed by atoms with Crippen LogP contribution in [0.25, 0.3) is 10.9 Å². The Morgan fingerprint density at radius 3 is 2.58 bits per heavy atom. The first-order valence-corrected chi connectivity index (χ1v) is 7.23. The van der Waals surface area contributed by atoms with Gasteiger partial charge in [0.1, 0.15) is 5.82 Å². The number of para-hydroxylation sites is 1. The number of alkyl halides is 3. The fourth-order valence-corrected chi connectivity index (χ4v) is 1.98. The standard InChI is InChI=1S/C13H14Cl3N3/c1-2-3-8-17-11-9-6-4-5-7-10(9)18-12(19-11)13(14,15)16/h4-7H,2-3,8H2,1H3,(H,17,18,19). The Morgan fingerprint density at radius 1 is 1.16 bits per heavy atom. The molecule has 0 aliphatic carbocycles. The third-order valence-corrected chi connectivity index (χ3v) is 3.19. The Morgan fingerprint density at radius 2 is 1.89 bits per heavy atom. The number of aromatic nitrogens is 2. The van der Waals surface area contributed by atoms with E-state index in [2.05, 4.69) is 22.2 Å². The minimum Gasteiger partial charge on any atom is -0.369 e. The Labute approximate surface area is 127 Å². The van der Waals surface area contributed by atoms with Crippen LogP contribution in [0.4, 0.5) is 5.82 Å². The molecule has 1 aromatic carbocycles. The third-order valence-electron chi connectivity index (χ3n) is 2.68. The van der Waals surface area contributed by atoms with Crippen molar-refractivity contribution in [3.8, 4) is 0 Å². The Kier molecular flexibility index (Phi) is 4.71. The van der Waals surface area contributed by atoms with Crippen LogP contribution in [0.3, 0.4) is 0 Å². The van der Waals surface area contributed by atoms with Crippen molar-refractivity contribution in [1.82, 2.24) is 9.97 Å². The molecule has 0 aliphatic heterocycles. The van der Waals surface area contributed by atoms with Crippen LogP contribution in [0, 0.1) is 0 Å². The lowest BCUT2D eigenvalue weighted by molar-refractivity contribution is 0.829. The lowest BCUT2D eigenvalue weighted by Crippen LogP contribution is -2.11.